The molecular formula is C17H25BrN2O4S2. The molecule has 2 fully saturated rings. The quantitative estimate of drug-likeness (QED) is 0.671. The molecule has 1 atom stereocenters. The number of carbonyl (C=O) groups is 1. The van der Waals surface area contributed by atoms with Gasteiger partial charge < -0.3 is 9.64 Å². The Morgan fingerprint density at radius 3 is 2.62 bits per heavy atom. The zero-order valence-corrected chi connectivity index (χ0v) is 18.1. The SMILES string of the molecule is CCOC1CCN(C(=O)C2CCCN(S(=O)(=O)c3ccc(Br)s3)C2)CC1. The number of thiophene rings is 1. The molecule has 2 aliphatic heterocycles. The van der Waals surface area contributed by atoms with E-state index in [4.69, 9.17) is 4.74 Å². The van der Waals surface area contributed by atoms with Crippen molar-refractivity contribution in [3.8, 4) is 0 Å². The van der Waals surface area contributed by atoms with Crippen LogP contribution in [0.25, 0.3) is 0 Å². The fourth-order valence-electron chi connectivity index (χ4n) is 3.66. The monoisotopic (exact) mass is 464 g/mol. The van der Waals surface area contributed by atoms with Gasteiger partial charge in [0, 0.05) is 32.8 Å². The Hall–Kier alpha value is -0.480. The highest BCUT2D eigenvalue weighted by Crippen LogP contribution is 2.31. The van der Waals surface area contributed by atoms with E-state index in [1.165, 1.54) is 15.6 Å². The molecular weight excluding hydrogens is 440 g/mol. The van der Waals surface area contributed by atoms with Crippen molar-refractivity contribution in [1.29, 1.82) is 0 Å². The maximum atomic E-state index is 12.9. The zero-order chi connectivity index (χ0) is 18.7. The highest BCUT2D eigenvalue weighted by Gasteiger charge is 2.36. The van der Waals surface area contributed by atoms with Gasteiger partial charge >= 0.3 is 0 Å². The van der Waals surface area contributed by atoms with Crippen LogP contribution >= 0.6 is 27.3 Å². The molecule has 2 saturated heterocycles. The van der Waals surface area contributed by atoms with Gasteiger partial charge in [-0.3, -0.25) is 4.79 Å². The Bertz CT molecular complexity index is 729. The van der Waals surface area contributed by atoms with Gasteiger partial charge in [0.25, 0.3) is 10.0 Å². The Morgan fingerprint density at radius 1 is 1.27 bits per heavy atom. The van der Waals surface area contributed by atoms with Crippen LogP contribution in [0.4, 0.5) is 0 Å². The molecule has 0 aliphatic carbocycles. The number of amides is 1. The summed E-state index contributed by atoms with van der Waals surface area (Å²) in [7, 11) is -3.52. The average molecular weight is 465 g/mol. The number of hydrogen-bond acceptors (Lipinski definition) is 5. The minimum absolute atomic E-state index is 0.0900. The van der Waals surface area contributed by atoms with Crippen molar-refractivity contribution in [3.05, 3.63) is 15.9 Å². The van der Waals surface area contributed by atoms with E-state index in [0.717, 1.165) is 29.5 Å². The molecule has 3 heterocycles. The van der Waals surface area contributed by atoms with E-state index in [-0.39, 0.29) is 24.5 Å². The lowest BCUT2D eigenvalue weighted by Crippen LogP contribution is -2.49. The molecule has 0 saturated carbocycles. The second-order valence-electron chi connectivity index (χ2n) is 6.74. The van der Waals surface area contributed by atoms with E-state index in [0.29, 0.717) is 30.5 Å². The third kappa shape index (κ3) is 4.49. The van der Waals surface area contributed by atoms with Crippen molar-refractivity contribution >= 4 is 43.2 Å². The number of carbonyl (C=O) groups excluding carboxylic acids is 1. The lowest BCUT2D eigenvalue weighted by Gasteiger charge is -2.37. The van der Waals surface area contributed by atoms with E-state index in [2.05, 4.69) is 15.9 Å². The fourth-order valence-corrected chi connectivity index (χ4v) is 7.35. The summed E-state index contributed by atoms with van der Waals surface area (Å²) < 4.78 is 33.9. The fraction of sp³-hybridized carbons (Fsp3) is 0.706. The standard InChI is InChI=1S/C17H25BrN2O4S2/c1-2-24-14-7-10-19(11-8-14)17(21)13-4-3-9-20(12-13)26(22,23)16-6-5-15(18)25-16/h5-6,13-14H,2-4,7-12H2,1H3. The molecule has 0 N–H and O–H groups in total. The molecule has 146 valence electrons. The number of sulfonamides is 1. The Labute approximate surface area is 167 Å². The largest absolute Gasteiger partial charge is 0.378 e. The van der Waals surface area contributed by atoms with Gasteiger partial charge in [-0.2, -0.15) is 4.31 Å². The van der Waals surface area contributed by atoms with Gasteiger partial charge in [-0.25, -0.2) is 8.42 Å². The molecule has 1 amide bonds. The first-order chi connectivity index (χ1) is 12.4. The van der Waals surface area contributed by atoms with Crippen LogP contribution in [0.5, 0.6) is 0 Å². The number of ether oxygens (including phenoxy) is 1. The summed E-state index contributed by atoms with van der Waals surface area (Å²) in [4.78, 5) is 14.8. The predicted molar refractivity (Wildman–Crippen MR) is 105 cm³/mol. The smallest absolute Gasteiger partial charge is 0.252 e. The highest BCUT2D eigenvalue weighted by molar-refractivity contribution is 9.11. The van der Waals surface area contributed by atoms with E-state index in [1.54, 1.807) is 12.1 Å². The lowest BCUT2D eigenvalue weighted by atomic mass is 9.96. The molecule has 2 aliphatic rings. The van der Waals surface area contributed by atoms with E-state index in [9.17, 15) is 13.2 Å². The van der Waals surface area contributed by atoms with Gasteiger partial charge in [0.1, 0.15) is 4.21 Å². The molecule has 9 heteroatoms. The summed E-state index contributed by atoms with van der Waals surface area (Å²) in [5.74, 6) is -0.155. The van der Waals surface area contributed by atoms with Crippen molar-refractivity contribution in [2.45, 2.75) is 42.9 Å². The molecule has 26 heavy (non-hydrogen) atoms. The third-order valence-corrected chi connectivity index (χ3v) is 8.99. The Kier molecular flexibility index (Phi) is 6.77. The molecule has 1 unspecified atom stereocenters. The second kappa shape index (κ2) is 8.68. The first kappa shape index (κ1) is 20.3. The van der Waals surface area contributed by atoms with E-state index >= 15 is 0 Å². The van der Waals surface area contributed by atoms with Crippen LogP contribution in [0.1, 0.15) is 32.6 Å². The molecule has 1 aromatic heterocycles. The number of piperidine rings is 2. The topological polar surface area (TPSA) is 66.9 Å². The van der Waals surface area contributed by atoms with Crippen molar-refractivity contribution in [2.75, 3.05) is 32.8 Å². The maximum Gasteiger partial charge on any atom is 0.252 e. The lowest BCUT2D eigenvalue weighted by molar-refractivity contribution is -0.139. The first-order valence-corrected chi connectivity index (χ1v) is 12.1. The van der Waals surface area contributed by atoms with Crippen LogP contribution in [0.15, 0.2) is 20.1 Å². The minimum atomic E-state index is -3.52. The number of rotatable bonds is 5. The van der Waals surface area contributed by atoms with Crippen LogP contribution in [-0.2, 0) is 19.6 Å². The number of hydrogen-bond donors (Lipinski definition) is 0. The molecule has 1 aromatic rings. The van der Waals surface area contributed by atoms with Crippen LogP contribution < -0.4 is 0 Å². The number of likely N-dealkylation sites (tertiary alicyclic amines) is 1. The Morgan fingerprint density at radius 2 is 2.00 bits per heavy atom. The van der Waals surface area contributed by atoms with Crippen molar-refractivity contribution in [1.82, 2.24) is 9.21 Å². The van der Waals surface area contributed by atoms with Gasteiger partial charge in [0.2, 0.25) is 5.91 Å². The van der Waals surface area contributed by atoms with Gasteiger partial charge in [0.15, 0.2) is 0 Å². The van der Waals surface area contributed by atoms with Crippen molar-refractivity contribution in [2.24, 2.45) is 5.92 Å². The highest BCUT2D eigenvalue weighted by atomic mass is 79.9. The van der Waals surface area contributed by atoms with Crippen LogP contribution in [0.3, 0.4) is 0 Å². The third-order valence-electron chi connectivity index (χ3n) is 5.03. The number of halogens is 1. The van der Waals surface area contributed by atoms with Gasteiger partial charge in [-0.15, -0.1) is 11.3 Å². The van der Waals surface area contributed by atoms with Gasteiger partial charge in [0.05, 0.1) is 15.8 Å². The van der Waals surface area contributed by atoms with E-state index in [1.807, 2.05) is 11.8 Å². The van der Waals surface area contributed by atoms with Crippen molar-refractivity contribution in [3.63, 3.8) is 0 Å². The maximum absolute atomic E-state index is 12.9. The molecule has 0 aromatic carbocycles. The summed E-state index contributed by atoms with van der Waals surface area (Å²) in [5, 5.41) is 0. The summed E-state index contributed by atoms with van der Waals surface area (Å²) in [5.41, 5.74) is 0. The molecule has 0 radical (unpaired) electrons. The number of nitrogens with zero attached hydrogens (tertiary/aromatic N) is 2. The molecule has 6 nitrogen and oxygen atoms in total. The van der Waals surface area contributed by atoms with Gasteiger partial charge in [-0.05, 0) is 60.7 Å². The first-order valence-electron chi connectivity index (χ1n) is 9.07. The average Bonchev–Trinajstić information content (AvgIpc) is 3.09. The van der Waals surface area contributed by atoms with Gasteiger partial charge in [-0.1, -0.05) is 0 Å². The predicted octanol–water partition coefficient (Wildman–Crippen LogP) is 2.94. The van der Waals surface area contributed by atoms with E-state index < -0.39 is 10.0 Å². The molecule has 3 rings (SSSR count). The summed E-state index contributed by atoms with van der Waals surface area (Å²) >= 11 is 4.52. The summed E-state index contributed by atoms with van der Waals surface area (Å²) in [6.45, 7) is 4.85. The molecule has 0 spiro atoms. The van der Waals surface area contributed by atoms with Crippen LogP contribution in [0, 0.1) is 5.92 Å². The van der Waals surface area contributed by atoms with Crippen LogP contribution in [-0.4, -0.2) is 62.4 Å². The molecule has 0 bridgehead atoms. The summed E-state index contributed by atoms with van der Waals surface area (Å²) in [6.07, 6.45) is 3.43. The summed E-state index contributed by atoms with van der Waals surface area (Å²) in [6, 6.07) is 3.36. The minimum Gasteiger partial charge on any atom is -0.378 e. The zero-order valence-electron chi connectivity index (χ0n) is 14.9. The Balaban J connectivity index is 1.62. The normalized spacial score (nSPS) is 23.3. The second-order valence-corrected chi connectivity index (χ2v) is 11.4. The van der Waals surface area contributed by atoms with Crippen molar-refractivity contribution < 1.29 is 17.9 Å². The van der Waals surface area contributed by atoms with Crippen LogP contribution in [0.2, 0.25) is 0 Å².